The minimum absolute atomic E-state index is 0.0601. The van der Waals surface area contributed by atoms with Crippen molar-refractivity contribution in [3.05, 3.63) is 101 Å². The molecule has 0 saturated heterocycles. The fraction of sp³-hybridized carbons (Fsp3) is 0.125. The average molecular weight is 463 g/mol. The molecule has 0 aliphatic carbocycles. The molecule has 2 N–H and O–H groups in total. The molecule has 0 unspecified atom stereocenters. The first-order valence-corrected chi connectivity index (χ1v) is 11.9. The second-order valence-corrected chi connectivity index (χ2v) is 8.92. The van der Waals surface area contributed by atoms with E-state index in [2.05, 4.69) is 15.6 Å². The third-order valence-electron chi connectivity index (χ3n) is 4.66. The van der Waals surface area contributed by atoms with Gasteiger partial charge in [-0.3, -0.25) is 14.2 Å². The molecule has 0 bridgehead atoms. The Bertz CT molecular complexity index is 1170. The van der Waals surface area contributed by atoms with E-state index in [0.29, 0.717) is 23.8 Å². The largest absolute Gasteiger partial charge is 0.351 e. The van der Waals surface area contributed by atoms with Crippen molar-refractivity contribution in [2.75, 3.05) is 5.75 Å². The maximum absolute atomic E-state index is 12.6. The Morgan fingerprint density at radius 3 is 2.66 bits per heavy atom. The third kappa shape index (κ3) is 5.87. The Balaban J connectivity index is 1.35. The number of hydrogen-bond donors (Lipinski definition) is 2. The number of imidazole rings is 1. The smallest absolute Gasteiger partial charge is 0.251 e. The molecule has 0 aliphatic heterocycles. The predicted molar refractivity (Wildman–Crippen MR) is 128 cm³/mol. The number of aromatic nitrogens is 2. The maximum Gasteiger partial charge on any atom is 0.251 e. The van der Waals surface area contributed by atoms with Crippen molar-refractivity contribution in [1.82, 2.24) is 20.2 Å². The summed E-state index contributed by atoms with van der Waals surface area (Å²) in [5.41, 5.74) is 2.45. The minimum Gasteiger partial charge on any atom is -0.351 e. The predicted octanol–water partition coefficient (Wildman–Crippen LogP) is 4.27. The van der Waals surface area contributed by atoms with Crippen molar-refractivity contribution in [1.29, 1.82) is 0 Å². The summed E-state index contributed by atoms with van der Waals surface area (Å²) in [6.45, 7) is 1.00. The highest BCUT2D eigenvalue weighted by Gasteiger charge is 2.12. The summed E-state index contributed by atoms with van der Waals surface area (Å²) < 4.78 is 1.88. The van der Waals surface area contributed by atoms with Crippen LogP contribution < -0.4 is 10.6 Å². The monoisotopic (exact) mass is 462 g/mol. The Hall–Kier alpha value is -3.36. The van der Waals surface area contributed by atoms with Crippen molar-refractivity contribution in [2.45, 2.75) is 18.2 Å². The first-order valence-electron chi connectivity index (χ1n) is 10.1. The molecular weight excluding hydrogens is 440 g/mol. The van der Waals surface area contributed by atoms with E-state index in [9.17, 15) is 9.59 Å². The maximum atomic E-state index is 12.6. The molecule has 0 spiro atoms. The number of carbonyl (C=O) groups excluding carboxylic acids is 2. The number of carbonyl (C=O) groups is 2. The van der Waals surface area contributed by atoms with E-state index in [4.69, 9.17) is 0 Å². The van der Waals surface area contributed by atoms with Gasteiger partial charge in [0.25, 0.3) is 5.91 Å². The van der Waals surface area contributed by atoms with Gasteiger partial charge in [0.05, 0.1) is 12.3 Å². The Morgan fingerprint density at radius 1 is 0.969 bits per heavy atom. The number of thioether (sulfide) groups is 1. The molecule has 4 aromatic rings. The van der Waals surface area contributed by atoms with Crippen molar-refractivity contribution in [3.8, 4) is 5.69 Å². The van der Waals surface area contributed by atoms with E-state index in [1.54, 1.807) is 23.6 Å². The summed E-state index contributed by atoms with van der Waals surface area (Å²) in [5, 5.41) is 8.55. The Kier molecular flexibility index (Phi) is 7.37. The van der Waals surface area contributed by atoms with Crippen LogP contribution in [0.3, 0.4) is 0 Å². The number of benzene rings is 2. The van der Waals surface area contributed by atoms with Gasteiger partial charge >= 0.3 is 0 Å². The van der Waals surface area contributed by atoms with E-state index in [0.717, 1.165) is 16.1 Å². The summed E-state index contributed by atoms with van der Waals surface area (Å²) in [4.78, 5) is 30.3. The summed E-state index contributed by atoms with van der Waals surface area (Å²) in [6, 6.07) is 21.1. The zero-order chi connectivity index (χ0) is 22.2. The van der Waals surface area contributed by atoms with Gasteiger partial charge in [-0.2, -0.15) is 0 Å². The van der Waals surface area contributed by atoms with Gasteiger partial charge in [0.2, 0.25) is 5.91 Å². The molecule has 0 radical (unpaired) electrons. The quantitative estimate of drug-likeness (QED) is 0.364. The van der Waals surface area contributed by atoms with Gasteiger partial charge in [-0.15, -0.1) is 11.3 Å². The van der Waals surface area contributed by atoms with E-state index < -0.39 is 0 Å². The van der Waals surface area contributed by atoms with Crippen LogP contribution in [0.5, 0.6) is 0 Å². The molecule has 2 aromatic heterocycles. The number of rotatable bonds is 9. The lowest BCUT2D eigenvalue weighted by Gasteiger charge is -2.10. The molecule has 32 heavy (non-hydrogen) atoms. The highest BCUT2D eigenvalue weighted by molar-refractivity contribution is 7.99. The zero-order valence-corrected chi connectivity index (χ0v) is 18.9. The standard InChI is InChI=1S/C24H22N4O2S2/c29-22(26-15-18-6-2-1-3-7-18)17-32-24-25-11-12-28(24)20-9-4-8-19(14-20)23(30)27-16-21-10-5-13-31-21/h1-14H,15-17H2,(H,26,29)(H,27,30). The molecule has 6 nitrogen and oxygen atoms in total. The van der Waals surface area contributed by atoms with Crippen LogP contribution in [0.15, 0.2) is 89.7 Å². The second-order valence-electron chi connectivity index (χ2n) is 6.94. The summed E-state index contributed by atoms with van der Waals surface area (Å²) >= 11 is 2.97. The van der Waals surface area contributed by atoms with Crippen LogP contribution in [0.25, 0.3) is 5.69 Å². The summed E-state index contributed by atoms with van der Waals surface area (Å²) in [5.74, 6) is 0.0650. The average Bonchev–Trinajstić information content (AvgIpc) is 3.53. The number of hydrogen-bond acceptors (Lipinski definition) is 5. The van der Waals surface area contributed by atoms with Crippen molar-refractivity contribution >= 4 is 34.9 Å². The van der Waals surface area contributed by atoms with Gasteiger partial charge < -0.3 is 10.6 Å². The molecular formula is C24H22N4O2S2. The van der Waals surface area contributed by atoms with Gasteiger partial charge in [0, 0.05) is 35.1 Å². The zero-order valence-electron chi connectivity index (χ0n) is 17.2. The summed E-state index contributed by atoms with van der Waals surface area (Å²) in [7, 11) is 0. The summed E-state index contributed by atoms with van der Waals surface area (Å²) in [6.07, 6.45) is 3.51. The molecule has 0 aliphatic rings. The lowest BCUT2D eigenvalue weighted by atomic mass is 10.2. The van der Waals surface area contributed by atoms with Crippen LogP contribution >= 0.6 is 23.1 Å². The van der Waals surface area contributed by atoms with Crippen molar-refractivity contribution < 1.29 is 9.59 Å². The number of nitrogens with zero attached hydrogens (tertiary/aromatic N) is 2. The topological polar surface area (TPSA) is 76.0 Å². The lowest BCUT2D eigenvalue weighted by Crippen LogP contribution is -2.24. The van der Waals surface area contributed by atoms with Gasteiger partial charge in [-0.05, 0) is 35.2 Å². The normalized spacial score (nSPS) is 10.6. The van der Waals surface area contributed by atoms with E-state index in [1.807, 2.05) is 76.8 Å². The van der Waals surface area contributed by atoms with Crippen LogP contribution in [0.1, 0.15) is 20.8 Å². The van der Waals surface area contributed by atoms with Crippen LogP contribution in [-0.2, 0) is 17.9 Å². The highest BCUT2D eigenvalue weighted by atomic mass is 32.2. The van der Waals surface area contributed by atoms with E-state index in [1.165, 1.54) is 11.8 Å². The number of amides is 2. The van der Waals surface area contributed by atoms with Crippen LogP contribution in [0.2, 0.25) is 0 Å². The van der Waals surface area contributed by atoms with Gasteiger partial charge in [0.15, 0.2) is 5.16 Å². The van der Waals surface area contributed by atoms with Gasteiger partial charge in [0.1, 0.15) is 0 Å². The molecule has 4 rings (SSSR count). The van der Waals surface area contributed by atoms with Crippen molar-refractivity contribution in [2.24, 2.45) is 0 Å². The van der Waals surface area contributed by atoms with Gasteiger partial charge in [-0.1, -0.05) is 54.2 Å². The SMILES string of the molecule is O=C(CSc1nccn1-c1cccc(C(=O)NCc2cccs2)c1)NCc1ccccc1. The number of nitrogens with one attached hydrogen (secondary N) is 2. The van der Waals surface area contributed by atoms with E-state index in [-0.39, 0.29) is 17.6 Å². The fourth-order valence-electron chi connectivity index (χ4n) is 3.05. The molecule has 0 atom stereocenters. The molecule has 2 amide bonds. The Labute approximate surface area is 194 Å². The molecule has 0 fully saturated rings. The van der Waals surface area contributed by atoms with E-state index >= 15 is 0 Å². The minimum atomic E-state index is -0.130. The van der Waals surface area contributed by atoms with Gasteiger partial charge in [-0.25, -0.2) is 4.98 Å². The molecule has 2 aromatic carbocycles. The Morgan fingerprint density at radius 2 is 1.84 bits per heavy atom. The third-order valence-corrected chi connectivity index (χ3v) is 6.50. The van der Waals surface area contributed by atoms with Crippen molar-refractivity contribution in [3.63, 3.8) is 0 Å². The van der Waals surface area contributed by atoms with Crippen LogP contribution in [0.4, 0.5) is 0 Å². The molecule has 162 valence electrons. The molecule has 0 saturated carbocycles. The van der Waals surface area contributed by atoms with Crippen LogP contribution in [-0.4, -0.2) is 27.1 Å². The highest BCUT2D eigenvalue weighted by Crippen LogP contribution is 2.21. The lowest BCUT2D eigenvalue weighted by molar-refractivity contribution is -0.118. The fourth-order valence-corrected chi connectivity index (χ4v) is 4.50. The molecule has 2 heterocycles. The first kappa shape index (κ1) is 21.9. The first-order chi connectivity index (χ1) is 15.7. The second kappa shape index (κ2) is 10.8. The number of thiophene rings is 1. The van der Waals surface area contributed by atoms with Crippen LogP contribution in [0, 0.1) is 0 Å². The molecule has 8 heteroatoms.